The zero-order valence-electron chi connectivity index (χ0n) is 15.8. The largest absolute Gasteiger partial charge is 0.496 e. The number of hydrogen-bond donors (Lipinski definition) is 0. The lowest BCUT2D eigenvalue weighted by Gasteiger charge is -2.34. The third kappa shape index (κ3) is 3.71. The third-order valence-electron chi connectivity index (χ3n) is 5.26. The van der Waals surface area contributed by atoms with E-state index in [1.54, 1.807) is 18.9 Å². The first-order chi connectivity index (χ1) is 13.2. The average molecular weight is 397 g/mol. The summed E-state index contributed by atoms with van der Waals surface area (Å²) in [5.41, 5.74) is 3.28. The molecule has 0 N–H and O–H groups in total. The highest BCUT2D eigenvalue weighted by Crippen LogP contribution is 2.37. The summed E-state index contributed by atoms with van der Waals surface area (Å²) in [4.78, 5) is 8.46. The second-order valence-corrected chi connectivity index (χ2v) is 8.74. The van der Waals surface area contributed by atoms with E-state index in [-0.39, 0.29) is 0 Å². The molecule has 3 aromatic rings. The predicted octanol–water partition coefficient (Wildman–Crippen LogP) is 5.88. The highest BCUT2D eigenvalue weighted by molar-refractivity contribution is 7.98. The van der Waals surface area contributed by atoms with E-state index >= 15 is 0 Å². The van der Waals surface area contributed by atoms with Crippen LogP contribution in [0.25, 0.3) is 15.9 Å². The van der Waals surface area contributed by atoms with Gasteiger partial charge in [-0.2, -0.15) is 0 Å². The van der Waals surface area contributed by atoms with Crippen LogP contribution in [0.1, 0.15) is 29.3 Å². The topological polar surface area (TPSA) is 25.4 Å². The Morgan fingerprint density at radius 2 is 2.00 bits per heavy atom. The minimum absolute atomic E-state index is 0.548. The number of thioether (sulfide) groups is 1. The molecule has 5 heteroatoms. The molecule has 4 rings (SSSR count). The van der Waals surface area contributed by atoms with Crippen molar-refractivity contribution in [1.82, 2.24) is 9.88 Å². The van der Waals surface area contributed by atoms with Gasteiger partial charge in [0.05, 0.1) is 22.3 Å². The van der Waals surface area contributed by atoms with Gasteiger partial charge in [0.15, 0.2) is 0 Å². The van der Waals surface area contributed by atoms with Crippen LogP contribution in [0.5, 0.6) is 5.75 Å². The van der Waals surface area contributed by atoms with Crippen LogP contribution < -0.4 is 4.74 Å². The lowest BCUT2D eigenvalue weighted by atomic mass is 9.96. The highest BCUT2D eigenvalue weighted by Gasteiger charge is 2.25. The summed E-state index contributed by atoms with van der Waals surface area (Å²) < 4.78 is 6.90. The van der Waals surface area contributed by atoms with Crippen LogP contribution in [0, 0.1) is 0 Å². The summed E-state index contributed by atoms with van der Waals surface area (Å²) in [6, 6.07) is 14.8. The summed E-state index contributed by atoms with van der Waals surface area (Å²) in [5, 5.41) is 1.28. The molecule has 0 amide bonds. The molecule has 1 saturated heterocycles. The van der Waals surface area contributed by atoms with E-state index in [0.29, 0.717) is 5.92 Å². The monoisotopic (exact) mass is 396 g/mol. The van der Waals surface area contributed by atoms with Gasteiger partial charge in [0.1, 0.15) is 5.75 Å². The van der Waals surface area contributed by atoms with E-state index in [9.17, 15) is 0 Å². The van der Waals surface area contributed by atoms with Crippen LogP contribution in [0.2, 0.25) is 0 Å². The van der Waals surface area contributed by atoms with Crippen molar-refractivity contribution in [2.75, 3.05) is 26.5 Å². The smallest absolute Gasteiger partial charge is 0.129 e. The van der Waals surface area contributed by atoms with Crippen LogP contribution in [-0.4, -0.2) is 36.3 Å². The zero-order valence-corrected chi connectivity index (χ0v) is 17.4. The molecule has 1 aliphatic heterocycles. The molecule has 1 aliphatic rings. The molecule has 2 aromatic carbocycles. The van der Waals surface area contributed by atoms with E-state index in [4.69, 9.17) is 9.72 Å². The Hall–Kier alpha value is -1.98. The number of rotatable bonds is 5. The summed E-state index contributed by atoms with van der Waals surface area (Å²) >= 11 is 3.57. The van der Waals surface area contributed by atoms with Gasteiger partial charge in [-0.3, -0.25) is 0 Å². The van der Waals surface area contributed by atoms with Crippen molar-refractivity contribution in [2.45, 2.75) is 23.7 Å². The number of para-hydroxylation sites is 1. The van der Waals surface area contributed by atoms with Gasteiger partial charge in [-0.1, -0.05) is 18.7 Å². The fraction of sp³-hybridized carbons (Fsp3) is 0.318. The number of fused-ring (bicyclic) bond motifs is 1. The number of aromatic nitrogens is 1. The highest BCUT2D eigenvalue weighted by atomic mass is 32.2. The summed E-state index contributed by atoms with van der Waals surface area (Å²) in [6.07, 6.45) is 4.31. The molecule has 2 heterocycles. The standard InChI is InChI=1S/C22H24N2OS2/c1-15(18-9-8-17(26-3)14-20(18)25-2)24-12-10-16(11-13-24)22-23-19-6-4-5-7-21(19)27-22/h4-9,14,16H,1,10-13H2,2-3H3. The first kappa shape index (κ1) is 18.4. The lowest BCUT2D eigenvalue weighted by Crippen LogP contribution is -2.31. The second-order valence-electron chi connectivity index (χ2n) is 6.79. The van der Waals surface area contributed by atoms with Gasteiger partial charge in [0.2, 0.25) is 0 Å². The van der Waals surface area contributed by atoms with Gasteiger partial charge < -0.3 is 9.64 Å². The number of likely N-dealkylation sites (tertiary alicyclic amines) is 1. The minimum atomic E-state index is 0.548. The molecule has 0 aliphatic carbocycles. The van der Waals surface area contributed by atoms with Crippen LogP contribution >= 0.6 is 23.1 Å². The van der Waals surface area contributed by atoms with Crippen LogP contribution in [0.3, 0.4) is 0 Å². The molecule has 0 atom stereocenters. The van der Waals surface area contributed by atoms with Crippen molar-refractivity contribution in [1.29, 1.82) is 0 Å². The van der Waals surface area contributed by atoms with Gasteiger partial charge in [-0.25, -0.2) is 4.98 Å². The molecular weight excluding hydrogens is 372 g/mol. The van der Waals surface area contributed by atoms with Gasteiger partial charge in [-0.15, -0.1) is 23.1 Å². The molecular formula is C22H24N2OS2. The van der Waals surface area contributed by atoms with Crippen LogP contribution in [0.4, 0.5) is 0 Å². The van der Waals surface area contributed by atoms with Crippen molar-refractivity contribution < 1.29 is 4.74 Å². The summed E-state index contributed by atoms with van der Waals surface area (Å²) in [7, 11) is 1.73. The Morgan fingerprint density at radius 3 is 2.70 bits per heavy atom. The maximum atomic E-state index is 5.61. The average Bonchev–Trinajstić information content (AvgIpc) is 3.17. The number of methoxy groups -OCH3 is 1. The van der Waals surface area contributed by atoms with Gasteiger partial charge in [-0.05, 0) is 49.4 Å². The molecule has 0 bridgehead atoms. The third-order valence-corrected chi connectivity index (χ3v) is 7.18. The Labute approximate surface area is 169 Å². The van der Waals surface area contributed by atoms with Gasteiger partial charge >= 0.3 is 0 Å². The maximum Gasteiger partial charge on any atom is 0.129 e. The molecule has 140 valence electrons. The number of nitrogens with zero attached hydrogens (tertiary/aromatic N) is 2. The maximum absolute atomic E-state index is 5.61. The molecule has 1 aromatic heterocycles. The fourth-order valence-corrected chi connectivity index (χ4v) is 5.23. The number of thiazole rings is 1. The van der Waals surface area contributed by atoms with Crippen molar-refractivity contribution in [3.05, 3.63) is 59.6 Å². The van der Waals surface area contributed by atoms with Gasteiger partial charge in [0, 0.05) is 35.2 Å². The molecule has 27 heavy (non-hydrogen) atoms. The first-order valence-electron chi connectivity index (χ1n) is 9.21. The van der Waals surface area contributed by atoms with E-state index in [1.807, 2.05) is 11.3 Å². The molecule has 0 radical (unpaired) electrons. The second kappa shape index (κ2) is 7.95. The number of hydrogen-bond acceptors (Lipinski definition) is 5. The van der Waals surface area contributed by atoms with Crippen molar-refractivity contribution >= 4 is 39.0 Å². The van der Waals surface area contributed by atoms with E-state index in [2.05, 4.69) is 60.2 Å². The Balaban J connectivity index is 1.46. The Bertz CT molecular complexity index is 925. The Morgan fingerprint density at radius 1 is 1.22 bits per heavy atom. The van der Waals surface area contributed by atoms with Crippen LogP contribution in [-0.2, 0) is 0 Å². The first-order valence-corrected chi connectivity index (χ1v) is 11.3. The SMILES string of the molecule is C=C(c1ccc(SC)cc1OC)N1CCC(c2nc3ccccc3s2)CC1. The van der Waals surface area contributed by atoms with Crippen molar-refractivity contribution in [3.8, 4) is 5.75 Å². The number of piperidine rings is 1. The minimum Gasteiger partial charge on any atom is -0.496 e. The summed E-state index contributed by atoms with van der Waals surface area (Å²) in [5.74, 6) is 1.45. The molecule has 3 nitrogen and oxygen atoms in total. The molecule has 0 spiro atoms. The van der Waals surface area contributed by atoms with E-state index in [0.717, 1.165) is 48.5 Å². The van der Waals surface area contributed by atoms with E-state index < -0.39 is 0 Å². The lowest BCUT2D eigenvalue weighted by molar-refractivity contribution is 0.298. The molecule has 0 saturated carbocycles. The Kier molecular flexibility index (Phi) is 5.41. The van der Waals surface area contributed by atoms with Crippen molar-refractivity contribution in [2.24, 2.45) is 0 Å². The fourth-order valence-electron chi connectivity index (χ4n) is 3.67. The van der Waals surface area contributed by atoms with Crippen LogP contribution in [0.15, 0.2) is 53.9 Å². The predicted molar refractivity (Wildman–Crippen MR) is 117 cm³/mol. The van der Waals surface area contributed by atoms with Gasteiger partial charge in [0.25, 0.3) is 0 Å². The van der Waals surface area contributed by atoms with E-state index in [1.165, 1.54) is 14.6 Å². The normalized spacial score (nSPS) is 15.3. The summed E-state index contributed by atoms with van der Waals surface area (Å²) in [6.45, 7) is 6.38. The molecule has 0 unspecified atom stereocenters. The van der Waals surface area contributed by atoms with Crippen molar-refractivity contribution in [3.63, 3.8) is 0 Å². The number of benzene rings is 2. The number of ether oxygens (including phenoxy) is 1. The zero-order chi connectivity index (χ0) is 18.8. The molecule has 1 fully saturated rings. The quantitative estimate of drug-likeness (QED) is 0.503.